The van der Waals surface area contributed by atoms with E-state index in [1.165, 1.54) is 4.90 Å². The maximum atomic E-state index is 12.8. The molecule has 0 spiro atoms. The number of hydrogen-bond donors (Lipinski definition) is 0. The minimum Gasteiger partial charge on any atom is -0.341 e. The molecule has 2 rings (SSSR count). The molecule has 0 bridgehead atoms. The summed E-state index contributed by atoms with van der Waals surface area (Å²) in [5.41, 5.74) is 0. The minimum atomic E-state index is -4.19. The molecule has 3 atom stereocenters. The average molecular weight is 338 g/mol. The zero-order chi connectivity index (χ0) is 16.3. The Morgan fingerprint density at radius 3 is 2.64 bits per heavy atom. The Labute approximate surface area is 134 Å². The standard InChI is InChI=1S/C15H25F3N2OS/c1-19(12-5-6-13(8-12)22-2)10-14(21)20-7-3-4-11(9-20)15(16,17)18/h11-13H,3-10H2,1-2H3/t11-,12-,13+/m0/s1. The van der Waals surface area contributed by atoms with Crippen LogP contribution < -0.4 is 0 Å². The maximum Gasteiger partial charge on any atom is 0.393 e. The van der Waals surface area contributed by atoms with Gasteiger partial charge in [0.1, 0.15) is 0 Å². The third-order valence-corrected chi connectivity index (χ3v) is 6.03. The van der Waals surface area contributed by atoms with Crippen molar-refractivity contribution in [1.82, 2.24) is 9.80 Å². The van der Waals surface area contributed by atoms with Crippen molar-refractivity contribution >= 4 is 17.7 Å². The lowest BCUT2D eigenvalue weighted by molar-refractivity contribution is -0.188. The van der Waals surface area contributed by atoms with Crippen molar-refractivity contribution in [3.05, 3.63) is 0 Å². The van der Waals surface area contributed by atoms with E-state index in [4.69, 9.17) is 0 Å². The molecule has 1 saturated carbocycles. The number of carbonyl (C=O) groups is 1. The van der Waals surface area contributed by atoms with Crippen molar-refractivity contribution in [2.45, 2.75) is 49.6 Å². The fraction of sp³-hybridized carbons (Fsp3) is 0.933. The van der Waals surface area contributed by atoms with E-state index in [9.17, 15) is 18.0 Å². The summed E-state index contributed by atoms with van der Waals surface area (Å²) in [6, 6.07) is 0.379. The lowest BCUT2D eigenvalue weighted by atomic mass is 9.97. The zero-order valence-corrected chi connectivity index (χ0v) is 14.1. The molecule has 1 heterocycles. The molecule has 1 aliphatic heterocycles. The Kier molecular flexibility index (Phi) is 6.05. The number of piperidine rings is 1. The van der Waals surface area contributed by atoms with E-state index in [0.717, 1.165) is 19.3 Å². The minimum absolute atomic E-state index is 0.140. The molecule has 22 heavy (non-hydrogen) atoms. The summed E-state index contributed by atoms with van der Waals surface area (Å²) in [5.74, 6) is -1.52. The van der Waals surface area contributed by atoms with Crippen LogP contribution in [0.15, 0.2) is 0 Å². The first-order valence-corrected chi connectivity index (χ1v) is 9.17. The van der Waals surface area contributed by atoms with E-state index in [1.807, 2.05) is 23.7 Å². The van der Waals surface area contributed by atoms with Crippen LogP contribution in [0, 0.1) is 5.92 Å². The van der Waals surface area contributed by atoms with Gasteiger partial charge in [-0.2, -0.15) is 24.9 Å². The summed E-state index contributed by atoms with van der Waals surface area (Å²) < 4.78 is 38.5. The number of nitrogens with zero attached hydrogens (tertiary/aromatic N) is 2. The van der Waals surface area contributed by atoms with Gasteiger partial charge in [-0.3, -0.25) is 9.69 Å². The van der Waals surface area contributed by atoms with Crippen LogP contribution in [-0.2, 0) is 4.79 Å². The van der Waals surface area contributed by atoms with Crippen molar-refractivity contribution in [3.8, 4) is 0 Å². The fourth-order valence-electron chi connectivity index (χ4n) is 3.45. The first kappa shape index (κ1) is 17.9. The monoisotopic (exact) mass is 338 g/mol. The molecule has 0 aromatic carbocycles. The van der Waals surface area contributed by atoms with Crippen LogP contribution in [0.1, 0.15) is 32.1 Å². The van der Waals surface area contributed by atoms with Gasteiger partial charge in [-0.05, 0) is 45.4 Å². The highest BCUT2D eigenvalue weighted by Crippen LogP contribution is 2.33. The number of likely N-dealkylation sites (N-methyl/N-ethyl adjacent to an activating group) is 1. The molecule has 0 unspecified atom stereocenters. The topological polar surface area (TPSA) is 23.6 Å². The molecule has 7 heteroatoms. The second-order valence-electron chi connectivity index (χ2n) is 6.46. The molecule has 0 aromatic heterocycles. The number of thioether (sulfide) groups is 1. The molecule has 1 saturated heterocycles. The Balaban J connectivity index is 1.84. The van der Waals surface area contributed by atoms with Crippen LogP contribution in [0.4, 0.5) is 13.2 Å². The quantitative estimate of drug-likeness (QED) is 0.787. The predicted octanol–water partition coefficient (Wildman–Crippen LogP) is 3.00. The molecule has 3 nitrogen and oxygen atoms in total. The Morgan fingerprint density at radius 2 is 2.05 bits per heavy atom. The molecule has 1 aliphatic carbocycles. The molecule has 128 valence electrons. The SMILES string of the molecule is CS[C@@H]1CC[C@H](N(C)CC(=O)N2CCC[C@H](C(F)(F)F)C2)C1. The number of halogens is 3. The van der Waals surface area contributed by atoms with Gasteiger partial charge in [0, 0.05) is 24.4 Å². The number of carbonyl (C=O) groups excluding carboxylic acids is 1. The highest BCUT2D eigenvalue weighted by molar-refractivity contribution is 7.99. The van der Waals surface area contributed by atoms with Crippen LogP contribution in [-0.4, -0.2) is 66.1 Å². The van der Waals surface area contributed by atoms with Crippen LogP contribution in [0.3, 0.4) is 0 Å². The predicted molar refractivity (Wildman–Crippen MR) is 82.9 cm³/mol. The summed E-state index contributed by atoms with van der Waals surface area (Å²) in [6.07, 6.45) is 1.78. The lowest BCUT2D eigenvalue weighted by Gasteiger charge is -2.35. The van der Waals surface area contributed by atoms with Gasteiger partial charge in [0.2, 0.25) is 5.91 Å². The van der Waals surface area contributed by atoms with E-state index in [1.54, 1.807) is 0 Å². The highest BCUT2D eigenvalue weighted by atomic mass is 32.2. The summed E-state index contributed by atoms with van der Waals surface area (Å²) in [5, 5.41) is 0.646. The van der Waals surface area contributed by atoms with Gasteiger partial charge in [-0.15, -0.1) is 0 Å². The number of hydrogen-bond acceptors (Lipinski definition) is 3. The van der Waals surface area contributed by atoms with Crippen molar-refractivity contribution < 1.29 is 18.0 Å². The zero-order valence-electron chi connectivity index (χ0n) is 13.2. The summed E-state index contributed by atoms with van der Waals surface area (Å²) in [6.45, 7) is 0.516. The van der Waals surface area contributed by atoms with E-state index in [0.29, 0.717) is 24.3 Å². The second-order valence-corrected chi connectivity index (χ2v) is 7.60. The average Bonchev–Trinajstić information content (AvgIpc) is 2.95. The van der Waals surface area contributed by atoms with E-state index in [-0.39, 0.29) is 25.4 Å². The van der Waals surface area contributed by atoms with Gasteiger partial charge in [0.15, 0.2) is 0 Å². The summed E-state index contributed by atoms with van der Waals surface area (Å²) >= 11 is 1.86. The second kappa shape index (κ2) is 7.43. The molecule has 0 N–H and O–H groups in total. The Bertz CT molecular complexity index is 391. The third kappa shape index (κ3) is 4.54. The van der Waals surface area contributed by atoms with Gasteiger partial charge in [0.25, 0.3) is 0 Å². The van der Waals surface area contributed by atoms with E-state index < -0.39 is 12.1 Å². The number of alkyl halides is 3. The van der Waals surface area contributed by atoms with Crippen LogP contribution >= 0.6 is 11.8 Å². The molecule has 2 fully saturated rings. The Hall–Kier alpha value is -0.430. The Morgan fingerprint density at radius 1 is 1.32 bits per heavy atom. The van der Waals surface area contributed by atoms with Crippen molar-refractivity contribution in [1.29, 1.82) is 0 Å². The number of amides is 1. The summed E-state index contributed by atoms with van der Waals surface area (Å²) in [7, 11) is 1.91. The maximum absolute atomic E-state index is 12.8. The molecular formula is C15H25F3N2OS. The van der Waals surface area contributed by atoms with Crippen LogP contribution in [0.25, 0.3) is 0 Å². The first-order valence-electron chi connectivity index (χ1n) is 7.88. The normalized spacial score (nSPS) is 30.1. The summed E-state index contributed by atoms with van der Waals surface area (Å²) in [4.78, 5) is 15.7. The highest BCUT2D eigenvalue weighted by Gasteiger charge is 2.42. The molecule has 0 radical (unpaired) electrons. The lowest BCUT2D eigenvalue weighted by Crippen LogP contribution is -2.48. The molecule has 1 amide bonds. The van der Waals surface area contributed by atoms with Crippen molar-refractivity contribution in [2.24, 2.45) is 5.92 Å². The van der Waals surface area contributed by atoms with Crippen molar-refractivity contribution in [2.75, 3.05) is 32.9 Å². The number of likely N-dealkylation sites (tertiary alicyclic amines) is 1. The van der Waals surface area contributed by atoms with Gasteiger partial charge in [-0.1, -0.05) is 0 Å². The molecular weight excluding hydrogens is 313 g/mol. The molecule has 2 aliphatic rings. The smallest absolute Gasteiger partial charge is 0.341 e. The first-order chi connectivity index (χ1) is 10.3. The van der Waals surface area contributed by atoms with Gasteiger partial charge < -0.3 is 4.90 Å². The fourth-order valence-corrected chi connectivity index (χ4v) is 4.23. The van der Waals surface area contributed by atoms with Gasteiger partial charge in [0.05, 0.1) is 12.5 Å². The third-order valence-electron chi connectivity index (χ3n) is 4.94. The van der Waals surface area contributed by atoms with E-state index in [2.05, 4.69) is 6.26 Å². The largest absolute Gasteiger partial charge is 0.393 e. The molecule has 0 aromatic rings. The van der Waals surface area contributed by atoms with E-state index >= 15 is 0 Å². The van der Waals surface area contributed by atoms with Gasteiger partial charge >= 0.3 is 6.18 Å². The van der Waals surface area contributed by atoms with Gasteiger partial charge in [-0.25, -0.2) is 0 Å². The van der Waals surface area contributed by atoms with Crippen molar-refractivity contribution in [3.63, 3.8) is 0 Å². The van der Waals surface area contributed by atoms with Crippen LogP contribution in [0.2, 0.25) is 0 Å². The van der Waals surface area contributed by atoms with Crippen LogP contribution in [0.5, 0.6) is 0 Å². The number of rotatable bonds is 4.